The van der Waals surface area contributed by atoms with E-state index < -0.39 is 0 Å². The van der Waals surface area contributed by atoms with Crippen molar-refractivity contribution >= 4 is 5.69 Å². The smallest absolute Gasteiger partial charge is 0.123 e. The maximum absolute atomic E-state index is 13.4. The van der Waals surface area contributed by atoms with E-state index in [1.54, 1.807) is 6.07 Å². The summed E-state index contributed by atoms with van der Waals surface area (Å²) in [7, 11) is 0. The highest BCUT2D eigenvalue weighted by Gasteiger charge is 2.27. The van der Waals surface area contributed by atoms with Crippen LogP contribution in [-0.4, -0.2) is 37.6 Å². The Morgan fingerprint density at radius 2 is 1.95 bits per heavy atom. The Bertz CT molecular complexity index is 463. The van der Waals surface area contributed by atoms with Gasteiger partial charge >= 0.3 is 0 Å². The molecule has 1 aliphatic heterocycles. The summed E-state index contributed by atoms with van der Waals surface area (Å²) >= 11 is 0. The summed E-state index contributed by atoms with van der Waals surface area (Å²) in [5.41, 5.74) is 8.01. The van der Waals surface area contributed by atoms with Gasteiger partial charge in [0.05, 0.1) is 0 Å². The number of hydrogen-bond donors (Lipinski definition) is 1. The second kappa shape index (κ2) is 5.70. The molecule has 0 amide bonds. The van der Waals surface area contributed by atoms with Crippen LogP contribution in [0.2, 0.25) is 0 Å². The predicted octanol–water partition coefficient (Wildman–Crippen LogP) is 2.38. The summed E-state index contributed by atoms with van der Waals surface area (Å²) < 4.78 is 13.4. The molecule has 1 aromatic carbocycles. The van der Waals surface area contributed by atoms with E-state index in [1.807, 2.05) is 13.0 Å². The van der Waals surface area contributed by atoms with E-state index >= 15 is 0 Å². The quantitative estimate of drug-likeness (QED) is 0.917. The fourth-order valence-electron chi connectivity index (χ4n) is 3.01. The van der Waals surface area contributed by atoms with Crippen LogP contribution in [0.1, 0.15) is 31.4 Å². The van der Waals surface area contributed by atoms with Crippen LogP contribution in [0, 0.1) is 11.7 Å². The van der Waals surface area contributed by atoms with Crippen LogP contribution in [-0.2, 0) is 0 Å². The van der Waals surface area contributed by atoms with Gasteiger partial charge in [-0.2, -0.15) is 0 Å². The summed E-state index contributed by atoms with van der Waals surface area (Å²) in [6.45, 7) is 7.41. The van der Waals surface area contributed by atoms with Gasteiger partial charge in [0.15, 0.2) is 0 Å². The van der Waals surface area contributed by atoms with Gasteiger partial charge in [-0.05, 0) is 49.4 Å². The highest BCUT2D eigenvalue weighted by molar-refractivity contribution is 5.55. The summed E-state index contributed by atoms with van der Waals surface area (Å²) in [5, 5.41) is 0. The van der Waals surface area contributed by atoms with Crippen molar-refractivity contribution in [3.63, 3.8) is 0 Å². The van der Waals surface area contributed by atoms with Crippen molar-refractivity contribution < 1.29 is 4.39 Å². The van der Waals surface area contributed by atoms with Crippen LogP contribution in [0.25, 0.3) is 0 Å². The van der Waals surface area contributed by atoms with Crippen molar-refractivity contribution in [1.82, 2.24) is 4.90 Å². The molecule has 20 heavy (non-hydrogen) atoms. The number of anilines is 1. The molecule has 1 atom stereocenters. The fraction of sp³-hybridized carbons (Fsp3) is 0.625. The van der Waals surface area contributed by atoms with E-state index in [2.05, 4.69) is 9.80 Å². The number of benzene rings is 1. The van der Waals surface area contributed by atoms with Crippen LogP contribution < -0.4 is 10.6 Å². The highest BCUT2D eigenvalue weighted by Crippen LogP contribution is 2.31. The number of rotatable bonds is 4. The molecule has 1 aromatic rings. The van der Waals surface area contributed by atoms with Gasteiger partial charge in [-0.25, -0.2) is 4.39 Å². The number of nitrogens with two attached hydrogens (primary N) is 1. The van der Waals surface area contributed by atoms with Gasteiger partial charge in [-0.1, -0.05) is 0 Å². The van der Waals surface area contributed by atoms with Crippen molar-refractivity contribution in [3.8, 4) is 0 Å². The van der Waals surface area contributed by atoms with E-state index in [-0.39, 0.29) is 11.9 Å². The Labute approximate surface area is 120 Å². The third kappa shape index (κ3) is 3.13. The Morgan fingerprint density at radius 3 is 2.55 bits per heavy atom. The molecule has 0 bridgehead atoms. The first-order valence-electron chi connectivity index (χ1n) is 7.66. The first kappa shape index (κ1) is 13.8. The van der Waals surface area contributed by atoms with Crippen molar-refractivity contribution in [2.45, 2.75) is 25.8 Å². The first-order chi connectivity index (χ1) is 9.63. The minimum Gasteiger partial charge on any atom is -0.369 e. The monoisotopic (exact) mass is 277 g/mol. The molecule has 3 nitrogen and oxygen atoms in total. The molecule has 2 aliphatic rings. The normalized spacial score (nSPS) is 22.1. The average molecular weight is 277 g/mol. The lowest BCUT2D eigenvalue weighted by Gasteiger charge is -2.37. The van der Waals surface area contributed by atoms with Gasteiger partial charge in [-0.3, -0.25) is 4.90 Å². The lowest BCUT2D eigenvalue weighted by molar-refractivity contribution is 0.248. The molecule has 3 rings (SSSR count). The van der Waals surface area contributed by atoms with Gasteiger partial charge in [0.25, 0.3) is 0 Å². The zero-order valence-corrected chi connectivity index (χ0v) is 12.2. The summed E-state index contributed by atoms with van der Waals surface area (Å²) in [4.78, 5) is 4.91. The molecule has 1 aliphatic carbocycles. The van der Waals surface area contributed by atoms with Crippen molar-refractivity contribution in [2.75, 3.05) is 37.6 Å². The summed E-state index contributed by atoms with van der Waals surface area (Å²) in [6, 6.07) is 4.86. The highest BCUT2D eigenvalue weighted by atomic mass is 19.1. The molecule has 2 fully saturated rings. The Hall–Kier alpha value is -1.13. The maximum Gasteiger partial charge on any atom is 0.123 e. The molecule has 110 valence electrons. The zero-order valence-electron chi connectivity index (χ0n) is 12.2. The van der Waals surface area contributed by atoms with E-state index in [4.69, 9.17) is 5.73 Å². The van der Waals surface area contributed by atoms with Crippen LogP contribution in [0.4, 0.5) is 10.1 Å². The van der Waals surface area contributed by atoms with Gasteiger partial charge < -0.3 is 10.6 Å². The van der Waals surface area contributed by atoms with Crippen LogP contribution in [0.5, 0.6) is 0 Å². The molecule has 0 aromatic heterocycles. The van der Waals surface area contributed by atoms with Gasteiger partial charge in [0.2, 0.25) is 0 Å². The second-order valence-corrected chi connectivity index (χ2v) is 6.22. The predicted molar refractivity (Wildman–Crippen MR) is 80.4 cm³/mol. The summed E-state index contributed by atoms with van der Waals surface area (Å²) in [6.07, 6.45) is 2.82. The molecule has 1 unspecified atom stereocenters. The van der Waals surface area contributed by atoms with E-state index in [1.165, 1.54) is 25.5 Å². The van der Waals surface area contributed by atoms with Gasteiger partial charge in [0.1, 0.15) is 5.82 Å². The third-order valence-corrected chi connectivity index (χ3v) is 4.41. The molecule has 1 heterocycles. The number of hydrogen-bond acceptors (Lipinski definition) is 3. The first-order valence-corrected chi connectivity index (χ1v) is 7.66. The maximum atomic E-state index is 13.4. The van der Waals surface area contributed by atoms with Crippen molar-refractivity contribution in [1.29, 1.82) is 0 Å². The Morgan fingerprint density at radius 1 is 1.25 bits per heavy atom. The van der Waals surface area contributed by atoms with Crippen molar-refractivity contribution in [2.24, 2.45) is 11.7 Å². The Kier molecular flexibility index (Phi) is 3.94. The molecule has 1 saturated carbocycles. The SMILES string of the molecule is CC(N)c1cc(F)ccc1N1CCN(CC2CC2)CC1. The third-order valence-electron chi connectivity index (χ3n) is 4.41. The molecule has 4 heteroatoms. The minimum absolute atomic E-state index is 0.134. The standard InChI is InChI=1S/C16H24FN3/c1-12(18)15-10-14(17)4-5-16(15)20-8-6-19(7-9-20)11-13-2-3-13/h4-5,10,12-13H,2-3,6-9,11,18H2,1H3. The summed E-state index contributed by atoms with van der Waals surface area (Å²) in [5.74, 6) is 0.750. The fourth-order valence-corrected chi connectivity index (χ4v) is 3.01. The minimum atomic E-state index is -0.201. The van der Waals surface area contributed by atoms with Gasteiger partial charge in [-0.15, -0.1) is 0 Å². The van der Waals surface area contributed by atoms with E-state index in [9.17, 15) is 4.39 Å². The van der Waals surface area contributed by atoms with Crippen LogP contribution in [0.3, 0.4) is 0 Å². The molecule has 2 N–H and O–H groups in total. The average Bonchev–Trinajstić information content (AvgIpc) is 3.24. The lowest BCUT2D eigenvalue weighted by Crippen LogP contribution is -2.47. The van der Waals surface area contributed by atoms with Crippen molar-refractivity contribution in [3.05, 3.63) is 29.6 Å². The molecule has 0 radical (unpaired) electrons. The number of piperazine rings is 1. The molecular weight excluding hydrogens is 253 g/mol. The second-order valence-electron chi connectivity index (χ2n) is 6.22. The van der Waals surface area contributed by atoms with Crippen LogP contribution in [0.15, 0.2) is 18.2 Å². The molecule has 0 spiro atoms. The Balaban J connectivity index is 1.67. The zero-order chi connectivity index (χ0) is 14.1. The van der Waals surface area contributed by atoms with E-state index in [0.29, 0.717) is 0 Å². The largest absolute Gasteiger partial charge is 0.369 e. The molecular formula is C16H24FN3. The van der Waals surface area contributed by atoms with E-state index in [0.717, 1.165) is 43.3 Å². The van der Waals surface area contributed by atoms with Crippen LogP contribution >= 0.6 is 0 Å². The molecule has 1 saturated heterocycles. The van der Waals surface area contributed by atoms with Gasteiger partial charge in [0, 0.05) is 44.5 Å². The topological polar surface area (TPSA) is 32.5 Å². The lowest BCUT2D eigenvalue weighted by atomic mass is 10.0. The number of halogens is 1. The number of nitrogens with zero attached hydrogens (tertiary/aromatic N) is 2.